The summed E-state index contributed by atoms with van der Waals surface area (Å²) in [6, 6.07) is 12.1. The first kappa shape index (κ1) is 28.4. The molecule has 1 heterocycles. The van der Waals surface area contributed by atoms with Gasteiger partial charge in [-0.2, -0.15) is 0 Å². The first-order chi connectivity index (χ1) is 17.6. The number of carboxylic acids is 1. The minimum atomic E-state index is -2.48. The van der Waals surface area contributed by atoms with Crippen LogP contribution in [0.3, 0.4) is 0 Å². The summed E-state index contributed by atoms with van der Waals surface area (Å²) in [5.74, 6) is -5.15. The molecule has 7 N–H and O–H groups in total. The average molecular weight is 521 g/mol. The minimum absolute atomic E-state index is 0.235. The smallest absolute Gasteiger partial charge is 0.364 e. The van der Waals surface area contributed by atoms with Gasteiger partial charge in [0, 0.05) is 19.9 Å². The molecule has 0 bridgehead atoms. The summed E-state index contributed by atoms with van der Waals surface area (Å²) < 4.78 is 10.9. The normalized spacial score (nSPS) is 25.3. The molecule has 1 saturated heterocycles. The van der Waals surface area contributed by atoms with E-state index in [4.69, 9.17) is 9.47 Å². The summed E-state index contributed by atoms with van der Waals surface area (Å²) in [6.45, 7) is 0.0918. The Kier molecular flexibility index (Phi) is 9.54. The predicted molar refractivity (Wildman–Crippen MR) is 129 cm³/mol. The van der Waals surface area contributed by atoms with Crippen LogP contribution in [0.4, 0.5) is 0 Å². The third-order valence-corrected chi connectivity index (χ3v) is 6.21. The van der Waals surface area contributed by atoms with Gasteiger partial charge in [-0.3, -0.25) is 9.59 Å². The van der Waals surface area contributed by atoms with Crippen molar-refractivity contribution in [2.45, 2.75) is 62.6 Å². The Morgan fingerprint density at radius 1 is 1.16 bits per heavy atom. The van der Waals surface area contributed by atoms with E-state index in [-0.39, 0.29) is 13.0 Å². The third kappa shape index (κ3) is 6.80. The van der Waals surface area contributed by atoms with Gasteiger partial charge in [0.2, 0.25) is 11.8 Å². The zero-order valence-corrected chi connectivity index (χ0v) is 20.2. The van der Waals surface area contributed by atoms with Crippen molar-refractivity contribution in [1.82, 2.24) is 10.6 Å². The van der Waals surface area contributed by atoms with Crippen LogP contribution in [0.25, 0.3) is 10.8 Å². The van der Waals surface area contributed by atoms with E-state index in [1.807, 2.05) is 42.5 Å². The lowest BCUT2D eigenvalue weighted by molar-refractivity contribution is -0.311. The monoisotopic (exact) mass is 520 g/mol. The molecule has 0 radical (unpaired) electrons. The highest BCUT2D eigenvalue weighted by Gasteiger charge is 2.55. The quantitative estimate of drug-likeness (QED) is 0.193. The van der Waals surface area contributed by atoms with E-state index in [2.05, 4.69) is 10.6 Å². The molecule has 1 fully saturated rings. The molecule has 3 rings (SSSR count). The van der Waals surface area contributed by atoms with Crippen molar-refractivity contribution in [2.24, 2.45) is 0 Å². The Morgan fingerprint density at radius 2 is 1.86 bits per heavy atom. The van der Waals surface area contributed by atoms with Crippen LogP contribution < -0.4 is 10.6 Å². The number of carbonyl (C=O) groups excluding carboxylic acids is 2. The number of hydrogen-bond acceptors (Lipinski definition) is 9. The van der Waals surface area contributed by atoms with Crippen LogP contribution in [-0.2, 0) is 30.4 Å². The van der Waals surface area contributed by atoms with E-state index in [1.165, 1.54) is 0 Å². The summed E-state index contributed by atoms with van der Waals surface area (Å²) >= 11 is 0. The molecule has 0 aliphatic carbocycles. The number of hydrogen-bond donors (Lipinski definition) is 7. The summed E-state index contributed by atoms with van der Waals surface area (Å²) in [5.41, 5.74) is 0.899. The van der Waals surface area contributed by atoms with Gasteiger partial charge in [0.25, 0.3) is 5.79 Å². The van der Waals surface area contributed by atoms with E-state index in [9.17, 15) is 39.9 Å². The number of aliphatic carboxylic acids is 1. The van der Waals surface area contributed by atoms with E-state index in [0.717, 1.165) is 23.3 Å². The summed E-state index contributed by atoms with van der Waals surface area (Å²) in [6.07, 6.45) is -7.70. The van der Waals surface area contributed by atoms with E-state index in [1.54, 1.807) is 0 Å². The number of fused-ring (bicyclic) bond motifs is 1. The second-order valence-electron chi connectivity index (χ2n) is 8.89. The van der Waals surface area contributed by atoms with Crippen LogP contribution in [0.15, 0.2) is 42.5 Å². The van der Waals surface area contributed by atoms with Gasteiger partial charge >= 0.3 is 5.97 Å². The number of carbonyl (C=O) groups is 3. The number of aliphatic hydroxyl groups is 4. The highest BCUT2D eigenvalue weighted by molar-refractivity contribution is 5.86. The van der Waals surface area contributed by atoms with Crippen molar-refractivity contribution in [3.63, 3.8) is 0 Å². The van der Waals surface area contributed by atoms with Crippen molar-refractivity contribution in [1.29, 1.82) is 0 Å². The van der Waals surface area contributed by atoms with Gasteiger partial charge in [-0.1, -0.05) is 42.5 Å². The maximum Gasteiger partial charge on any atom is 0.364 e. The largest absolute Gasteiger partial charge is 0.477 e. The topological polar surface area (TPSA) is 195 Å². The Hall–Kier alpha value is -3.13. The molecule has 2 amide bonds. The standard InChI is InChI=1S/C25H32N2O10/c1-14(29)27-21-18(30)11-25(24(34)35,37-23(21)22(33)19(31)13-28)36-10-9-20(32)26-12-16-7-4-6-15-5-2-3-8-17(15)16/h2-8,18-19,21-23,28,30-31,33H,9-13H2,1H3,(H,26,32)(H,27,29)(H,34,35)/t18?,19-,21?,22-,23?,25?/m1/s1. The summed E-state index contributed by atoms with van der Waals surface area (Å²) in [7, 11) is 0. The summed E-state index contributed by atoms with van der Waals surface area (Å²) in [5, 5.41) is 57.1. The molecule has 4 unspecified atom stereocenters. The maximum atomic E-state index is 12.4. The molecule has 1 aliphatic heterocycles. The van der Waals surface area contributed by atoms with E-state index < -0.39 is 73.7 Å². The number of benzene rings is 2. The lowest BCUT2D eigenvalue weighted by atomic mass is 9.88. The second-order valence-corrected chi connectivity index (χ2v) is 8.89. The number of amides is 2. The highest BCUT2D eigenvalue weighted by Crippen LogP contribution is 2.33. The van der Waals surface area contributed by atoms with Gasteiger partial charge in [0.1, 0.15) is 18.3 Å². The van der Waals surface area contributed by atoms with E-state index in [0.29, 0.717) is 0 Å². The van der Waals surface area contributed by atoms with Gasteiger partial charge < -0.3 is 45.6 Å². The van der Waals surface area contributed by atoms with Gasteiger partial charge in [0.15, 0.2) is 0 Å². The number of ether oxygens (including phenoxy) is 2. The Bertz CT molecular complexity index is 1110. The average Bonchev–Trinajstić information content (AvgIpc) is 2.87. The van der Waals surface area contributed by atoms with Crippen LogP contribution in [0, 0.1) is 0 Å². The fourth-order valence-corrected chi connectivity index (χ4v) is 4.31. The Labute approximate surface area is 212 Å². The van der Waals surface area contributed by atoms with Crippen molar-refractivity contribution in [3.8, 4) is 0 Å². The number of nitrogens with one attached hydrogen (secondary N) is 2. The lowest BCUT2D eigenvalue weighted by Gasteiger charge is -2.46. The maximum absolute atomic E-state index is 12.4. The molecule has 202 valence electrons. The SMILES string of the molecule is CC(=O)NC1C(O)CC(OCCC(=O)NCc2cccc3ccccc23)(C(=O)O)OC1[C@H](O)[C@H](O)CO. The molecule has 1 aliphatic rings. The van der Waals surface area contributed by atoms with Crippen molar-refractivity contribution in [3.05, 3.63) is 48.0 Å². The fraction of sp³-hybridized carbons (Fsp3) is 0.480. The van der Waals surface area contributed by atoms with Crippen LogP contribution >= 0.6 is 0 Å². The van der Waals surface area contributed by atoms with Crippen molar-refractivity contribution in [2.75, 3.05) is 13.2 Å². The zero-order valence-electron chi connectivity index (χ0n) is 20.2. The molecule has 12 nitrogen and oxygen atoms in total. The van der Waals surface area contributed by atoms with Crippen LogP contribution in [0.5, 0.6) is 0 Å². The Morgan fingerprint density at radius 3 is 2.54 bits per heavy atom. The molecule has 37 heavy (non-hydrogen) atoms. The zero-order chi connectivity index (χ0) is 27.2. The first-order valence-electron chi connectivity index (χ1n) is 11.8. The predicted octanol–water partition coefficient (Wildman–Crippen LogP) is -0.988. The molecular formula is C25H32N2O10. The molecule has 2 aromatic rings. The molecule has 6 atom stereocenters. The van der Waals surface area contributed by atoms with Gasteiger partial charge in [-0.05, 0) is 16.3 Å². The minimum Gasteiger partial charge on any atom is -0.477 e. The third-order valence-electron chi connectivity index (χ3n) is 6.21. The number of aliphatic hydroxyl groups excluding tert-OH is 4. The van der Waals surface area contributed by atoms with Crippen molar-refractivity contribution >= 4 is 28.6 Å². The van der Waals surface area contributed by atoms with Gasteiger partial charge in [0.05, 0.1) is 31.8 Å². The Balaban J connectivity index is 1.65. The molecule has 0 saturated carbocycles. The fourth-order valence-electron chi connectivity index (χ4n) is 4.31. The van der Waals surface area contributed by atoms with Crippen LogP contribution in [-0.4, -0.2) is 92.8 Å². The number of rotatable bonds is 11. The first-order valence-corrected chi connectivity index (χ1v) is 11.8. The molecule has 12 heteroatoms. The second kappa shape index (κ2) is 12.4. The van der Waals surface area contributed by atoms with Crippen molar-refractivity contribution < 1.29 is 49.4 Å². The molecule has 0 aromatic heterocycles. The number of carboxylic acid groups (broad SMARTS) is 1. The van der Waals surface area contributed by atoms with Crippen LogP contribution in [0.1, 0.15) is 25.3 Å². The molecule has 2 aromatic carbocycles. The van der Waals surface area contributed by atoms with Gasteiger partial charge in [-0.15, -0.1) is 0 Å². The molecule has 0 spiro atoms. The summed E-state index contributed by atoms with van der Waals surface area (Å²) in [4.78, 5) is 36.1. The van der Waals surface area contributed by atoms with E-state index >= 15 is 0 Å². The molecular weight excluding hydrogens is 488 g/mol. The van der Waals surface area contributed by atoms with Gasteiger partial charge in [-0.25, -0.2) is 4.79 Å². The van der Waals surface area contributed by atoms with Crippen LogP contribution in [0.2, 0.25) is 0 Å². The highest BCUT2D eigenvalue weighted by atomic mass is 16.7. The lowest BCUT2D eigenvalue weighted by Crippen LogP contribution is -2.68.